The summed E-state index contributed by atoms with van der Waals surface area (Å²) >= 11 is 0. The smallest absolute Gasteiger partial charge is 0.277 e. The lowest BCUT2D eigenvalue weighted by Gasteiger charge is -2.36. The summed E-state index contributed by atoms with van der Waals surface area (Å²) in [5, 5.41) is 16.1. The number of aliphatic hydroxyl groups is 1. The fourth-order valence-electron chi connectivity index (χ4n) is 3.74. The number of amides is 2. The van der Waals surface area contributed by atoms with Gasteiger partial charge in [0.2, 0.25) is 18.2 Å². The number of fused-ring (bicyclic) bond motifs is 1. The lowest BCUT2D eigenvalue weighted by Crippen LogP contribution is -2.52. The van der Waals surface area contributed by atoms with E-state index in [4.69, 9.17) is 0 Å². The molecule has 2 amide bonds. The Balaban J connectivity index is 1.41. The number of carbonyl (C=O) groups is 2. The van der Waals surface area contributed by atoms with Crippen LogP contribution in [0.4, 0.5) is 17.6 Å². The van der Waals surface area contributed by atoms with Crippen LogP contribution in [-0.4, -0.2) is 73.3 Å². The van der Waals surface area contributed by atoms with Gasteiger partial charge < -0.3 is 25.2 Å². The molecule has 0 spiro atoms. The summed E-state index contributed by atoms with van der Waals surface area (Å²) < 4.78 is 1.45. The number of aliphatic hydroxyl groups excluding tert-OH is 1. The minimum Gasteiger partial charge on any atom is -0.356 e. The Morgan fingerprint density at radius 1 is 1.11 bits per heavy atom. The zero-order valence-corrected chi connectivity index (χ0v) is 20.0. The van der Waals surface area contributed by atoms with Gasteiger partial charge >= 0.3 is 0 Å². The molecule has 3 aromatic rings. The first kappa shape index (κ1) is 24.1. The van der Waals surface area contributed by atoms with Crippen molar-refractivity contribution < 1.29 is 14.7 Å². The van der Waals surface area contributed by atoms with E-state index >= 15 is 0 Å². The third-order valence-electron chi connectivity index (χ3n) is 5.71. The Morgan fingerprint density at radius 3 is 2.63 bits per heavy atom. The number of aromatic nitrogens is 5. The highest BCUT2D eigenvalue weighted by Crippen LogP contribution is 2.27. The van der Waals surface area contributed by atoms with Crippen LogP contribution < -0.4 is 15.5 Å². The minimum absolute atomic E-state index is 0.140. The number of nitrogens with zero attached hydrogens (tertiary/aromatic N) is 7. The van der Waals surface area contributed by atoms with E-state index in [9.17, 15) is 14.7 Å². The predicted octanol–water partition coefficient (Wildman–Crippen LogP) is 1.77. The Bertz CT molecular complexity index is 1200. The molecule has 0 saturated carbocycles. The number of hydrogen-bond donors (Lipinski definition) is 3. The molecule has 4 heterocycles. The van der Waals surface area contributed by atoms with Crippen LogP contribution in [0.25, 0.3) is 11.3 Å². The number of anilines is 3. The number of rotatable bonds is 9. The summed E-state index contributed by atoms with van der Waals surface area (Å²) in [6, 6.07) is 5.27. The highest BCUT2D eigenvalue weighted by molar-refractivity contribution is 6.00. The fraction of sp³-hybridized carbons (Fsp3) is 0.391. The van der Waals surface area contributed by atoms with Gasteiger partial charge in [-0.25, -0.2) is 19.9 Å². The SMILES string of the molecule is CCCCCNc1ncc(-c2cccc(NC(=O)Cn3cnc4c3C(=O)N(C)C(O)N4C)n2)cn1. The Hall–Kier alpha value is -4.06. The second-order valence-electron chi connectivity index (χ2n) is 8.30. The van der Waals surface area contributed by atoms with Crippen LogP contribution in [-0.2, 0) is 11.3 Å². The average molecular weight is 480 g/mol. The average Bonchev–Trinajstić information content (AvgIpc) is 3.28. The van der Waals surface area contributed by atoms with E-state index in [1.54, 1.807) is 31.6 Å². The molecule has 0 radical (unpaired) electrons. The summed E-state index contributed by atoms with van der Waals surface area (Å²) in [6.07, 6.45) is 7.04. The Labute approximate surface area is 203 Å². The van der Waals surface area contributed by atoms with E-state index in [0.717, 1.165) is 31.4 Å². The molecule has 0 bridgehead atoms. The maximum absolute atomic E-state index is 12.7. The number of hydrogen-bond acceptors (Lipinski definition) is 9. The van der Waals surface area contributed by atoms with Crippen molar-refractivity contribution in [1.29, 1.82) is 0 Å². The lowest BCUT2D eigenvalue weighted by atomic mass is 10.2. The van der Waals surface area contributed by atoms with E-state index in [2.05, 4.69) is 37.5 Å². The van der Waals surface area contributed by atoms with Crippen molar-refractivity contribution in [3.8, 4) is 11.3 Å². The second-order valence-corrected chi connectivity index (χ2v) is 8.30. The normalized spacial score (nSPS) is 15.2. The molecule has 4 rings (SSSR count). The molecular formula is C23H29N9O3. The molecule has 0 aliphatic carbocycles. The van der Waals surface area contributed by atoms with Gasteiger partial charge in [0.15, 0.2) is 11.5 Å². The number of imidazole rings is 1. The van der Waals surface area contributed by atoms with Gasteiger partial charge in [0, 0.05) is 38.6 Å². The third-order valence-corrected chi connectivity index (χ3v) is 5.71. The van der Waals surface area contributed by atoms with E-state index in [1.165, 1.54) is 27.7 Å². The summed E-state index contributed by atoms with van der Waals surface area (Å²) in [5.41, 5.74) is 1.57. The minimum atomic E-state index is -1.12. The van der Waals surface area contributed by atoms with Crippen molar-refractivity contribution >= 4 is 29.4 Å². The Kier molecular flexibility index (Phi) is 7.20. The van der Waals surface area contributed by atoms with Crippen molar-refractivity contribution in [1.82, 2.24) is 29.4 Å². The number of carbonyl (C=O) groups excluding carboxylic acids is 2. The molecule has 0 fully saturated rings. The van der Waals surface area contributed by atoms with Gasteiger partial charge in [-0.05, 0) is 18.6 Å². The molecule has 3 N–H and O–H groups in total. The summed E-state index contributed by atoms with van der Waals surface area (Å²) in [6.45, 7) is 2.84. The highest BCUT2D eigenvalue weighted by atomic mass is 16.3. The standard InChI is InChI=1S/C23H29N9O3/c1-4-5-6-10-24-22-25-11-15(12-26-22)16-8-7-9-17(28-16)29-18(33)13-32-14-27-20-19(32)21(34)31(3)23(35)30(20)2/h7-9,11-12,14,23,35H,4-6,10,13H2,1-3H3,(H,24,25,26)(H,28,29,33). The van der Waals surface area contributed by atoms with Crippen LogP contribution in [0.1, 0.15) is 36.7 Å². The molecule has 12 nitrogen and oxygen atoms in total. The molecule has 35 heavy (non-hydrogen) atoms. The van der Waals surface area contributed by atoms with Gasteiger partial charge in [-0.15, -0.1) is 0 Å². The van der Waals surface area contributed by atoms with Crippen molar-refractivity contribution in [3.05, 3.63) is 42.6 Å². The Morgan fingerprint density at radius 2 is 1.89 bits per heavy atom. The number of unbranched alkanes of at least 4 members (excludes halogenated alkanes) is 2. The van der Waals surface area contributed by atoms with E-state index in [0.29, 0.717) is 23.3 Å². The van der Waals surface area contributed by atoms with E-state index in [1.807, 2.05) is 6.07 Å². The van der Waals surface area contributed by atoms with Gasteiger partial charge in [-0.1, -0.05) is 25.8 Å². The van der Waals surface area contributed by atoms with Crippen molar-refractivity contribution in [2.75, 3.05) is 36.2 Å². The molecule has 0 saturated heterocycles. The first-order valence-electron chi connectivity index (χ1n) is 11.5. The molecule has 1 atom stereocenters. The molecule has 3 aromatic heterocycles. The first-order chi connectivity index (χ1) is 16.9. The van der Waals surface area contributed by atoms with Gasteiger partial charge in [0.1, 0.15) is 12.4 Å². The largest absolute Gasteiger partial charge is 0.356 e. The predicted molar refractivity (Wildman–Crippen MR) is 131 cm³/mol. The van der Waals surface area contributed by atoms with Crippen LogP contribution in [0.15, 0.2) is 36.9 Å². The number of nitrogens with one attached hydrogen (secondary N) is 2. The quantitative estimate of drug-likeness (QED) is 0.392. The highest BCUT2D eigenvalue weighted by Gasteiger charge is 2.36. The van der Waals surface area contributed by atoms with Crippen LogP contribution >= 0.6 is 0 Å². The maximum Gasteiger partial charge on any atom is 0.277 e. The van der Waals surface area contributed by atoms with Crippen LogP contribution in [0.3, 0.4) is 0 Å². The van der Waals surface area contributed by atoms with E-state index in [-0.39, 0.29) is 18.1 Å². The molecular weight excluding hydrogens is 450 g/mol. The molecule has 184 valence electrons. The zero-order valence-electron chi connectivity index (χ0n) is 20.0. The van der Waals surface area contributed by atoms with Crippen molar-refractivity contribution in [2.24, 2.45) is 0 Å². The van der Waals surface area contributed by atoms with E-state index < -0.39 is 12.3 Å². The first-order valence-corrected chi connectivity index (χ1v) is 11.5. The topological polar surface area (TPSA) is 141 Å². The molecule has 1 aliphatic heterocycles. The second kappa shape index (κ2) is 10.5. The van der Waals surface area contributed by atoms with Crippen molar-refractivity contribution in [2.45, 2.75) is 39.1 Å². The zero-order chi connectivity index (χ0) is 24.9. The summed E-state index contributed by atoms with van der Waals surface area (Å²) in [5.74, 6) is 0.452. The van der Waals surface area contributed by atoms with Crippen molar-refractivity contribution in [3.63, 3.8) is 0 Å². The lowest BCUT2D eigenvalue weighted by molar-refractivity contribution is -0.116. The molecule has 12 heteroatoms. The third kappa shape index (κ3) is 5.22. The monoisotopic (exact) mass is 479 g/mol. The van der Waals surface area contributed by atoms with Crippen LogP contribution in [0, 0.1) is 0 Å². The molecule has 0 aromatic carbocycles. The summed E-state index contributed by atoms with van der Waals surface area (Å²) in [4.78, 5) is 45.3. The van der Waals surface area contributed by atoms with Crippen LogP contribution in [0.5, 0.6) is 0 Å². The molecule has 1 aliphatic rings. The fourth-order valence-corrected chi connectivity index (χ4v) is 3.74. The maximum atomic E-state index is 12.7. The van der Waals surface area contributed by atoms with Gasteiger partial charge in [-0.2, -0.15) is 0 Å². The molecule has 1 unspecified atom stereocenters. The van der Waals surface area contributed by atoms with Gasteiger partial charge in [0.05, 0.1) is 12.0 Å². The number of pyridine rings is 1. The van der Waals surface area contributed by atoms with Crippen LogP contribution in [0.2, 0.25) is 0 Å². The van der Waals surface area contributed by atoms with Gasteiger partial charge in [0.25, 0.3) is 5.91 Å². The summed E-state index contributed by atoms with van der Waals surface area (Å²) in [7, 11) is 3.11. The van der Waals surface area contributed by atoms with Gasteiger partial charge in [-0.3, -0.25) is 14.5 Å².